The highest BCUT2D eigenvalue weighted by Gasteiger charge is 2.41. The van der Waals surface area contributed by atoms with Crippen molar-refractivity contribution in [3.63, 3.8) is 0 Å². The molecule has 6 heteroatoms. The Morgan fingerprint density at radius 3 is 2.78 bits per heavy atom. The quantitative estimate of drug-likeness (QED) is 0.842. The van der Waals surface area contributed by atoms with E-state index in [1.54, 1.807) is 6.20 Å². The van der Waals surface area contributed by atoms with E-state index in [-0.39, 0.29) is 23.3 Å². The lowest BCUT2D eigenvalue weighted by molar-refractivity contribution is 0.0599. The molecule has 2 aromatic rings. The second kappa shape index (κ2) is 6.68. The Morgan fingerprint density at radius 2 is 2.11 bits per heavy atom. The number of hydrogen-bond acceptors (Lipinski definition) is 5. The minimum absolute atomic E-state index is 0.0300. The van der Waals surface area contributed by atoms with E-state index in [9.17, 15) is 14.7 Å². The van der Waals surface area contributed by atoms with Gasteiger partial charge < -0.3 is 14.7 Å². The molecule has 0 radical (unpaired) electrons. The standard InChI is InChI=1S/C21H22N2O4/c1-12-5-7-22-17(9-12)19(13-3-4-13)23-8-6-15-16(20(23)25)10-14(11-18(15)24)21(26)27-2/h5,7,9-11,13,19,24H,3-4,6,8H2,1-2H3/t19-/m0/s1. The van der Waals surface area contributed by atoms with Crippen molar-refractivity contribution in [1.29, 1.82) is 0 Å². The van der Waals surface area contributed by atoms with Crippen molar-refractivity contribution >= 4 is 11.9 Å². The summed E-state index contributed by atoms with van der Waals surface area (Å²) in [5.41, 5.74) is 3.17. The monoisotopic (exact) mass is 366 g/mol. The molecule has 1 N–H and O–H groups in total. The number of phenolic OH excluding ortho intramolecular Hbond substituents is 1. The van der Waals surface area contributed by atoms with Gasteiger partial charge in [-0.1, -0.05) is 0 Å². The van der Waals surface area contributed by atoms with Gasteiger partial charge in [0.1, 0.15) is 5.75 Å². The predicted molar refractivity (Wildman–Crippen MR) is 98.6 cm³/mol. The number of amides is 1. The van der Waals surface area contributed by atoms with Crippen molar-refractivity contribution < 1.29 is 19.4 Å². The number of esters is 1. The van der Waals surface area contributed by atoms with Crippen LogP contribution in [0.4, 0.5) is 0 Å². The van der Waals surface area contributed by atoms with Crippen molar-refractivity contribution in [2.75, 3.05) is 13.7 Å². The molecule has 1 fully saturated rings. The fraction of sp³-hybridized carbons (Fsp3) is 0.381. The van der Waals surface area contributed by atoms with Gasteiger partial charge in [0.2, 0.25) is 0 Å². The van der Waals surface area contributed by atoms with Crippen LogP contribution in [-0.2, 0) is 11.2 Å². The Morgan fingerprint density at radius 1 is 1.33 bits per heavy atom. The smallest absolute Gasteiger partial charge is 0.338 e. The minimum Gasteiger partial charge on any atom is -0.508 e. The third-order valence-electron chi connectivity index (χ3n) is 5.39. The first-order chi connectivity index (χ1) is 13.0. The van der Waals surface area contributed by atoms with Crippen molar-refractivity contribution in [3.8, 4) is 5.75 Å². The molecule has 0 bridgehead atoms. The molecule has 2 aliphatic rings. The topological polar surface area (TPSA) is 79.7 Å². The average Bonchev–Trinajstić information content (AvgIpc) is 3.48. The van der Waals surface area contributed by atoms with Crippen LogP contribution >= 0.6 is 0 Å². The largest absolute Gasteiger partial charge is 0.508 e. The van der Waals surface area contributed by atoms with Gasteiger partial charge in [0, 0.05) is 23.9 Å². The van der Waals surface area contributed by atoms with Gasteiger partial charge in [-0.15, -0.1) is 0 Å². The summed E-state index contributed by atoms with van der Waals surface area (Å²) >= 11 is 0. The highest BCUT2D eigenvalue weighted by molar-refractivity contribution is 6.01. The summed E-state index contributed by atoms with van der Waals surface area (Å²) in [7, 11) is 1.28. The number of fused-ring (bicyclic) bond motifs is 1. The van der Waals surface area contributed by atoms with Crippen LogP contribution in [0.15, 0.2) is 30.5 Å². The van der Waals surface area contributed by atoms with Crippen LogP contribution in [0, 0.1) is 12.8 Å². The molecule has 1 atom stereocenters. The average molecular weight is 366 g/mol. The van der Waals surface area contributed by atoms with Crippen LogP contribution in [0.5, 0.6) is 5.75 Å². The van der Waals surface area contributed by atoms with Crippen molar-refractivity contribution in [2.45, 2.75) is 32.2 Å². The number of carbonyl (C=O) groups excluding carboxylic acids is 2. The van der Waals surface area contributed by atoms with Crippen molar-refractivity contribution in [2.24, 2.45) is 5.92 Å². The Hall–Kier alpha value is -2.89. The van der Waals surface area contributed by atoms with Crippen LogP contribution in [0.25, 0.3) is 0 Å². The van der Waals surface area contributed by atoms with Gasteiger partial charge in [-0.05, 0) is 61.9 Å². The summed E-state index contributed by atoms with van der Waals surface area (Å²) in [6.45, 7) is 2.54. The highest BCUT2D eigenvalue weighted by atomic mass is 16.5. The second-order valence-corrected chi connectivity index (χ2v) is 7.30. The number of phenols is 1. The van der Waals surface area contributed by atoms with Gasteiger partial charge in [-0.2, -0.15) is 0 Å². The molecule has 1 aliphatic carbocycles. The summed E-state index contributed by atoms with van der Waals surface area (Å²) in [5, 5.41) is 10.3. The molecule has 0 spiro atoms. The number of aryl methyl sites for hydroxylation is 1. The molecule has 1 amide bonds. The van der Waals surface area contributed by atoms with E-state index in [1.165, 1.54) is 19.2 Å². The number of rotatable bonds is 4. The van der Waals surface area contributed by atoms with Crippen LogP contribution in [0.1, 0.15) is 56.4 Å². The number of aromatic nitrogens is 1. The number of aromatic hydroxyl groups is 1. The molecule has 1 aliphatic heterocycles. The van der Waals surface area contributed by atoms with E-state index >= 15 is 0 Å². The third kappa shape index (κ3) is 3.16. The van der Waals surface area contributed by atoms with Crippen LogP contribution < -0.4 is 0 Å². The summed E-state index contributed by atoms with van der Waals surface area (Å²) in [4.78, 5) is 31.6. The maximum atomic E-state index is 13.3. The number of benzene rings is 1. The van der Waals surface area contributed by atoms with E-state index in [0.29, 0.717) is 30.0 Å². The number of carbonyl (C=O) groups is 2. The van der Waals surface area contributed by atoms with E-state index in [0.717, 1.165) is 24.1 Å². The molecule has 6 nitrogen and oxygen atoms in total. The van der Waals surface area contributed by atoms with Gasteiger partial charge in [0.25, 0.3) is 5.91 Å². The Bertz CT molecular complexity index is 920. The Balaban J connectivity index is 1.73. The Kier molecular flexibility index (Phi) is 4.34. The molecule has 140 valence electrons. The first kappa shape index (κ1) is 17.5. The molecule has 1 saturated carbocycles. The predicted octanol–water partition coefficient (Wildman–Crippen LogP) is 3.03. The zero-order valence-corrected chi connectivity index (χ0v) is 15.4. The maximum Gasteiger partial charge on any atom is 0.338 e. The van der Waals surface area contributed by atoms with Crippen LogP contribution in [-0.4, -0.2) is 40.5 Å². The summed E-state index contributed by atoms with van der Waals surface area (Å²) in [5.74, 6) is -0.366. The number of hydrogen-bond donors (Lipinski definition) is 1. The van der Waals surface area contributed by atoms with E-state index in [4.69, 9.17) is 4.74 Å². The maximum absolute atomic E-state index is 13.3. The second-order valence-electron chi connectivity index (χ2n) is 7.30. The molecular weight excluding hydrogens is 344 g/mol. The number of methoxy groups -OCH3 is 1. The van der Waals surface area contributed by atoms with Crippen LogP contribution in [0.2, 0.25) is 0 Å². The fourth-order valence-corrected chi connectivity index (χ4v) is 3.89. The van der Waals surface area contributed by atoms with Gasteiger partial charge in [0.15, 0.2) is 0 Å². The number of pyridine rings is 1. The van der Waals surface area contributed by atoms with Gasteiger partial charge in [-0.3, -0.25) is 9.78 Å². The van der Waals surface area contributed by atoms with Crippen molar-refractivity contribution in [3.05, 3.63) is 58.4 Å². The molecule has 1 aromatic heterocycles. The normalized spacial score (nSPS) is 17.4. The number of nitrogens with zero attached hydrogens (tertiary/aromatic N) is 2. The first-order valence-electron chi connectivity index (χ1n) is 9.17. The lowest BCUT2D eigenvalue weighted by Crippen LogP contribution is -2.41. The molecule has 27 heavy (non-hydrogen) atoms. The molecule has 4 rings (SSSR count). The van der Waals surface area contributed by atoms with Gasteiger partial charge >= 0.3 is 5.97 Å². The summed E-state index contributed by atoms with van der Waals surface area (Å²) in [6.07, 6.45) is 4.47. The third-order valence-corrected chi connectivity index (χ3v) is 5.39. The number of ether oxygens (including phenoxy) is 1. The van der Waals surface area contributed by atoms with Gasteiger partial charge in [-0.25, -0.2) is 4.79 Å². The zero-order chi connectivity index (χ0) is 19.1. The molecule has 0 saturated heterocycles. The molecular formula is C21H22N2O4. The molecule has 1 aromatic carbocycles. The lowest BCUT2D eigenvalue weighted by atomic mass is 9.92. The fourth-order valence-electron chi connectivity index (χ4n) is 3.89. The SMILES string of the molecule is COC(=O)c1cc(O)c2c(c1)C(=O)N([C@H](c1cc(C)ccn1)C1CC1)CC2. The lowest BCUT2D eigenvalue weighted by Gasteiger charge is -2.36. The van der Waals surface area contributed by atoms with Gasteiger partial charge in [0.05, 0.1) is 24.4 Å². The zero-order valence-electron chi connectivity index (χ0n) is 15.4. The summed E-state index contributed by atoms with van der Waals surface area (Å²) in [6, 6.07) is 6.81. The van der Waals surface area contributed by atoms with E-state index < -0.39 is 5.97 Å². The van der Waals surface area contributed by atoms with E-state index in [2.05, 4.69) is 4.98 Å². The van der Waals surface area contributed by atoms with Crippen LogP contribution in [0.3, 0.4) is 0 Å². The Labute approximate surface area is 157 Å². The first-order valence-corrected chi connectivity index (χ1v) is 9.17. The van der Waals surface area contributed by atoms with Crippen molar-refractivity contribution in [1.82, 2.24) is 9.88 Å². The highest BCUT2D eigenvalue weighted by Crippen LogP contribution is 2.46. The molecule has 2 heterocycles. The molecule has 0 unspecified atom stereocenters. The van der Waals surface area contributed by atoms with E-state index in [1.807, 2.05) is 24.0 Å². The summed E-state index contributed by atoms with van der Waals surface area (Å²) < 4.78 is 4.74. The minimum atomic E-state index is -0.572.